The van der Waals surface area contributed by atoms with Crippen molar-refractivity contribution in [3.05, 3.63) is 88.0 Å². The monoisotopic (exact) mass is 378 g/mol. The number of amides is 1. The molecule has 0 fully saturated rings. The minimum absolute atomic E-state index is 0.0524. The number of esters is 1. The molecule has 0 bridgehead atoms. The van der Waals surface area contributed by atoms with Crippen LogP contribution in [0.15, 0.2) is 66.7 Å². The van der Waals surface area contributed by atoms with Crippen molar-refractivity contribution in [2.24, 2.45) is 0 Å². The van der Waals surface area contributed by atoms with Crippen LogP contribution in [0.3, 0.4) is 0 Å². The van der Waals surface area contributed by atoms with E-state index in [4.69, 9.17) is 4.74 Å². The first-order chi connectivity index (χ1) is 13.5. The summed E-state index contributed by atoms with van der Waals surface area (Å²) in [6.45, 7) is 0. The lowest BCUT2D eigenvalue weighted by Crippen LogP contribution is -2.43. The molecular formula is C21H18N2O5. The molecule has 0 unspecified atom stereocenters. The van der Waals surface area contributed by atoms with Gasteiger partial charge >= 0.3 is 5.97 Å². The van der Waals surface area contributed by atoms with Gasteiger partial charge in [0.05, 0.1) is 12.0 Å². The first-order valence-electron chi connectivity index (χ1n) is 8.59. The van der Waals surface area contributed by atoms with Gasteiger partial charge in [-0.05, 0) is 22.9 Å². The maximum Gasteiger partial charge on any atom is 0.328 e. The topological polar surface area (TPSA) is 98.5 Å². The minimum atomic E-state index is -1.05. The normalized spacial score (nSPS) is 11.6. The zero-order chi connectivity index (χ0) is 20.1. The van der Waals surface area contributed by atoms with E-state index in [0.717, 1.165) is 10.8 Å². The summed E-state index contributed by atoms with van der Waals surface area (Å²) in [7, 11) is 1.21. The van der Waals surface area contributed by atoms with E-state index in [-0.39, 0.29) is 12.1 Å². The van der Waals surface area contributed by atoms with Gasteiger partial charge in [0, 0.05) is 23.6 Å². The molecule has 0 aliphatic rings. The Bertz CT molecular complexity index is 1050. The number of nitro groups is 1. The lowest BCUT2D eigenvalue weighted by atomic mass is 10.0. The third-order valence-corrected chi connectivity index (χ3v) is 4.42. The van der Waals surface area contributed by atoms with Gasteiger partial charge in [0.2, 0.25) is 0 Å². The predicted octanol–water partition coefficient (Wildman–Crippen LogP) is 3.26. The van der Waals surface area contributed by atoms with Gasteiger partial charge < -0.3 is 10.1 Å². The van der Waals surface area contributed by atoms with Gasteiger partial charge in [0.1, 0.15) is 6.04 Å². The highest BCUT2D eigenvalue weighted by Crippen LogP contribution is 2.20. The van der Waals surface area contributed by atoms with Crippen LogP contribution in [-0.2, 0) is 16.0 Å². The molecule has 0 aliphatic heterocycles. The lowest BCUT2D eigenvalue weighted by Gasteiger charge is -2.17. The molecule has 3 aromatic carbocycles. The Morgan fingerprint density at radius 2 is 1.71 bits per heavy atom. The Hall–Kier alpha value is -3.74. The summed E-state index contributed by atoms with van der Waals surface area (Å²) < 4.78 is 4.77. The summed E-state index contributed by atoms with van der Waals surface area (Å²) in [4.78, 5) is 35.5. The van der Waals surface area contributed by atoms with Crippen LogP contribution in [0.5, 0.6) is 0 Å². The van der Waals surface area contributed by atoms with Gasteiger partial charge in [-0.25, -0.2) is 4.79 Å². The molecule has 0 heterocycles. The molecule has 1 N–H and O–H groups in total. The van der Waals surface area contributed by atoms with Crippen molar-refractivity contribution in [3.63, 3.8) is 0 Å². The second kappa shape index (κ2) is 8.30. The molecule has 0 spiro atoms. The smallest absolute Gasteiger partial charge is 0.328 e. The highest BCUT2D eigenvalue weighted by atomic mass is 16.6. The molecule has 0 radical (unpaired) electrons. The molecule has 7 heteroatoms. The number of fused-ring (bicyclic) bond motifs is 1. The van der Waals surface area contributed by atoms with Gasteiger partial charge in [-0.15, -0.1) is 0 Å². The van der Waals surface area contributed by atoms with Crippen LogP contribution in [0, 0.1) is 10.1 Å². The SMILES string of the molecule is COC(=O)[C@H](Cc1ccccc1[N+](=O)[O-])NC(=O)c1ccc2ccccc2c1. The van der Waals surface area contributed by atoms with Crippen molar-refractivity contribution < 1.29 is 19.2 Å². The number of hydrogen-bond donors (Lipinski definition) is 1. The maximum absolute atomic E-state index is 12.7. The number of nitrogens with zero attached hydrogens (tertiary/aromatic N) is 1. The van der Waals surface area contributed by atoms with E-state index < -0.39 is 22.8 Å². The Balaban J connectivity index is 1.85. The van der Waals surface area contributed by atoms with E-state index in [1.54, 1.807) is 30.3 Å². The second-order valence-corrected chi connectivity index (χ2v) is 6.20. The number of ether oxygens (including phenoxy) is 1. The van der Waals surface area contributed by atoms with Gasteiger partial charge in [-0.3, -0.25) is 14.9 Å². The molecule has 1 amide bonds. The Morgan fingerprint density at radius 3 is 2.43 bits per heavy atom. The number of methoxy groups -OCH3 is 1. The second-order valence-electron chi connectivity index (χ2n) is 6.20. The van der Waals surface area contributed by atoms with Crippen LogP contribution in [0.25, 0.3) is 10.8 Å². The highest BCUT2D eigenvalue weighted by Gasteiger charge is 2.26. The molecule has 0 saturated heterocycles. The summed E-state index contributed by atoms with van der Waals surface area (Å²) in [5, 5.41) is 15.7. The van der Waals surface area contributed by atoms with Crippen molar-refractivity contribution in [2.75, 3.05) is 7.11 Å². The number of para-hydroxylation sites is 1. The Kier molecular flexibility index (Phi) is 5.64. The Morgan fingerprint density at radius 1 is 1.04 bits per heavy atom. The molecule has 3 aromatic rings. The van der Waals surface area contributed by atoms with Crippen LogP contribution < -0.4 is 5.32 Å². The summed E-state index contributed by atoms with van der Waals surface area (Å²) in [5.41, 5.74) is 0.605. The molecule has 142 valence electrons. The average Bonchev–Trinajstić information content (AvgIpc) is 2.72. The fourth-order valence-corrected chi connectivity index (χ4v) is 2.99. The number of carbonyl (C=O) groups excluding carboxylic acids is 2. The zero-order valence-electron chi connectivity index (χ0n) is 15.1. The van der Waals surface area contributed by atoms with Crippen LogP contribution in [0.1, 0.15) is 15.9 Å². The molecule has 7 nitrogen and oxygen atoms in total. The fraction of sp³-hybridized carbons (Fsp3) is 0.143. The summed E-state index contributed by atoms with van der Waals surface area (Å²) in [6, 6.07) is 17.8. The number of hydrogen-bond acceptors (Lipinski definition) is 5. The van der Waals surface area contributed by atoms with Crippen molar-refractivity contribution in [3.8, 4) is 0 Å². The third-order valence-electron chi connectivity index (χ3n) is 4.42. The van der Waals surface area contributed by atoms with Gasteiger partial charge in [-0.2, -0.15) is 0 Å². The zero-order valence-corrected chi connectivity index (χ0v) is 15.1. The largest absolute Gasteiger partial charge is 0.467 e. The maximum atomic E-state index is 12.7. The van der Waals surface area contributed by atoms with Gasteiger partial charge in [0.25, 0.3) is 11.6 Å². The van der Waals surface area contributed by atoms with Crippen molar-refractivity contribution in [1.29, 1.82) is 0 Å². The van der Waals surface area contributed by atoms with E-state index in [9.17, 15) is 19.7 Å². The molecule has 28 heavy (non-hydrogen) atoms. The van der Waals surface area contributed by atoms with E-state index in [0.29, 0.717) is 11.1 Å². The van der Waals surface area contributed by atoms with Crippen LogP contribution in [0.2, 0.25) is 0 Å². The first kappa shape index (κ1) is 19.0. The minimum Gasteiger partial charge on any atom is -0.467 e. The standard InChI is InChI=1S/C21H18N2O5/c1-28-21(25)18(13-16-8-4-5-9-19(16)23(26)27)22-20(24)17-11-10-14-6-2-3-7-15(14)12-17/h2-12,18H,13H2,1H3,(H,22,24)/t18-/m0/s1. The number of carbonyl (C=O) groups is 2. The molecule has 0 aromatic heterocycles. The Labute approximate surface area is 161 Å². The summed E-state index contributed by atoms with van der Waals surface area (Å²) in [6.07, 6.45) is -0.0524. The highest BCUT2D eigenvalue weighted by molar-refractivity contribution is 6.00. The number of nitrogens with one attached hydrogen (secondary N) is 1. The molecule has 1 atom stereocenters. The fourth-order valence-electron chi connectivity index (χ4n) is 2.99. The quantitative estimate of drug-likeness (QED) is 0.403. The van der Waals surface area contributed by atoms with Crippen LogP contribution in [0.4, 0.5) is 5.69 Å². The van der Waals surface area contributed by atoms with Crippen molar-refractivity contribution in [2.45, 2.75) is 12.5 Å². The third kappa shape index (κ3) is 4.15. The number of nitro benzene ring substituents is 1. The number of benzene rings is 3. The first-order valence-corrected chi connectivity index (χ1v) is 8.59. The molecule has 0 aliphatic carbocycles. The lowest BCUT2D eigenvalue weighted by molar-refractivity contribution is -0.385. The molecular weight excluding hydrogens is 360 g/mol. The van der Waals surface area contributed by atoms with Crippen molar-refractivity contribution >= 4 is 28.3 Å². The molecule has 0 saturated carbocycles. The van der Waals surface area contributed by atoms with Gasteiger partial charge in [-0.1, -0.05) is 48.5 Å². The predicted molar refractivity (Wildman–Crippen MR) is 104 cm³/mol. The van der Waals surface area contributed by atoms with E-state index in [1.807, 2.05) is 30.3 Å². The number of rotatable bonds is 6. The van der Waals surface area contributed by atoms with Gasteiger partial charge in [0.15, 0.2) is 0 Å². The van der Waals surface area contributed by atoms with E-state index >= 15 is 0 Å². The summed E-state index contributed by atoms with van der Waals surface area (Å²) in [5.74, 6) is -1.13. The average molecular weight is 378 g/mol. The van der Waals surface area contributed by atoms with E-state index in [2.05, 4.69) is 5.32 Å². The molecule has 3 rings (SSSR count). The van der Waals surface area contributed by atoms with Crippen LogP contribution in [-0.4, -0.2) is 30.0 Å². The van der Waals surface area contributed by atoms with E-state index in [1.165, 1.54) is 13.2 Å². The summed E-state index contributed by atoms with van der Waals surface area (Å²) >= 11 is 0. The van der Waals surface area contributed by atoms with Crippen molar-refractivity contribution in [1.82, 2.24) is 5.32 Å². The van der Waals surface area contributed by atoms with Crippen LogP contribution >= 0.6 is 0 Å².